The Bertz CT molecular complexity index is 599. The third-order valence-electron chi connectivity index (χ3n) is 3.05. The molecule has 1 N–H and O–H groups in total. The van der Waals surface area contributed by atoms with Crippen molar-refractivity contribution in [2.24, 2.45) is 0 Å². The molecule has 0 spiro atoms. The smallest absolute Gasteiger partial charge is 0.0848 e. The third kappa shape index (κ3) is 3.47. The molecule has 4 heteroatoms. The Morgan fingerprint density at radius 3 is 2.53 bits per heavy atom. The first-order chi connectivity index (χ1) is 8.97. The molecule has 1 heterocycles. The average molecular weight is 296 g/mol. The van der Waals surface area contributed by atoms with Crippen LogP contribution in [0.4, 0.5) is 0 Å². The molecule has 1 unspecified atom stereocenters. The number of nitrogens with zero attached hydrogens (tertiary/aromatic N) is 1. The SMILES string of the molecule is Cc1ccc(C(O)Cc2ccc(Cl)cc2Cl)c(C)n1. The molecule has 0 aliphatic heterocycles. The van der Waals surface area contributed by atoms with Crippen LogP contribution in [0.1, 0.15) is 28.6 Å². The number of hydrogen-bond acceptors (Lipinski definition) is 2. The predicted octanol–water partition coefficient (Wildman–Crippen LogP) is 4.28. The van der Waals surface area contributed by atoms with E-state index in [1.165, 1.54) is 0 Å². The summed E-state index contributed by atoms with van der Waals surface area (Å²) in [4.78, 5) is 4.36. The van der Waals surface area contributed by atoms with E-state index >= 15 is 0 Å². The molecule has 0 radical (unpaired) electrons. The summed E-state index contributed by atoms with van der Waals surface area (Å²) in [5.74, 6) is 0. The molecular weight excluding hydrogens is 281 g/mol. The molecule has 0 saturated carbocycles. The highest BCUT2D eigenvalue weighted by Gasteiger charge is 2.14. The van der Waals surface area contributed by atoms with Gasteiger partial charge in [-0.05, 0) is 37.6 Å². The summed E-state index contributed by atoms with van der Waals surface area (Å²) < 4.78 is 0. The van der Waals surface area contributed by atoms with E-state index < -0.39 is 6.10 Å². The minimum absolute atomic E-state index is 0.446. The second-order valence-electron chi connectivity index (χ2n) is 4.58. The molecule has 2 nitrogen and oxygen atoms in total. The van der Waals surface area contributed by atoms with Crippen LogP contribution in [0.25, 0.3) is 0 Å². The van der Waals surface area contributed by atoms with Crippen LogP contribution >= 0.6 is 23.2 Å². The largest absolute Gasteiger partial charge is 0.388 e. The lowest BCUT2D eigenvalue weighted by atomic mass is 10.00. The van der Waals surface area contributed by atoms with Gasteiger partial charge in [-0.1, -0.05) is 35.3 Å². The van der Waals surface area contributed by atoms with Gasteiger partial charge in [0.25, 0.3) is 0 Å². The second-order valence-corrected chi connectivity index (χ2v) is 5.43. The zero-order chi connectivity index (χ0) is 14.0. The summed E-state index contributed by atoms with van der Waals surface area (Å²) in [7, 11) is 0. The van der Waals surface area contributed by atoms with Gasteiger partial charge in [0.05, 0.1) is 6.10 Å². The number of pyridine rings is 1. The van der Waals surface area contributed by atoms with E-state index in [1.54, 1.807) is 12.1 Å². The monoisotopic (exact) mass is 295 g/mol. The fraction of sp³-hybridized carbons (Fsp3) is 0.267. The molecule has 0 bridgehead atoms. The van der Waals surface area contributed by atoms with Crippen molar-refractivity contribution in [1.82, 2.24) is 4.98 Å². The van der Waals surface area contributed by atoms with E-state index in [0.29, 0.717) is 16.5 Å². The number of aromatic nitrogens is 1. The van der Waals surface area contributed by atoms with Crippen LogP contribution in [0, 0.1) is 13.8 Å². The van der Waals surface area contributed by atoms with Crippen LogP contribution < -0.4 is 0 Å². The number of aryl methyl sites for hydroxylation is 2. The molecule has 100 valence electrons. The Labute approximate surface area is 123 Å². The van der Waals surface area contributed by atoms with Crippen molar-refractivity contribution in [3.8, 4) is 0 Å². The van der Waals surface area contributed by atoms with Crippen LogP contribution in [0.3, 0.4) is 0 Å². The predicted molar refractivity (Wildman–Crippen MR) is 78.8 cm³/mol. The standard InChI is InChI=1S/C15H15Cl2NO/c1-9-3-6-13(10(2)18-9)15(19)7-11-4-5-12(16)8-14(11)17/h3-6,8,15,19H,7H2,1-2H3. The van der Waals surface area contributed by atoms with Crippen LogP contribution in [0.15, 0.2) is 30.3 Å². The molecular formula is C15H15Cl2NO. The van der Waals surface area contributed by atoms with Crippen molar-refractivity contribution in [1.29, 1.82) is 0 Å². The van der Waals surface area contributed by atoms with E-state index in [4.69, 9.17) is 23.2 Å². The first-order valence-corrected chi connectivity index (χ1v) is 6.79. The maximum absolute atomic E-state index is 10.3. The van der Waals surface area contributed by atoms with Gasteiger partial charge in [-0.15, -0.1) is 0 Å². The zero-order valence-corrected chi connectivity index (χ0v) is 12.3. The molecule has 0 aliphatic carbocycles. The highest BCUT2D eigenvalue weighted by atomic mass is 35.5. The number of halogens is 2. The molecule has 0 fully saturated rings. The molecule has 0 amide bonds. The van der Waals surface area contributed by atoms with Crippen LogP contribution in [0.2, 0.25) is 10.0 Å². The maximum atomic E-state index is 10.3. The number of aliphatic hydroxyl groups is 1. The lowest BCUT2D eigenvalue weighted by Crippen LogP contribution is -2.06. The van der Waals surface area contributed by atoms with E-state index in [0.717, 1.165) is 22.5 Å². The molecule has 1 atom stereocenters. The molecule has 0 saturated heterocycles. The Hall–Kier alpha value is -1.09. The van der Waals surface area contributed by atoms with Crippen LogP contribution in [-0.4, -0.2) is 10.1 Å². The summed E-state index contributed by atoms with van der Waals surface area (Å²) >= 11 is 12.0. The lowest BCUT2D eigenvalue weighted by molar-refractivity contribution is 0.177. The van der Waals surface area contributed by atoms with Gasteiger partial charge in [0.1, 0.15) is 0 Å². The Morgan fingerprint density at radius 2 is 1.89 bits per heavy atom. The van der Waals surface area contributed by atoms with Gasteiger partial charge in [0.15, 0.2) is 0 Å². The van der Waals surface area contributed by atoms with Crippen LogP contribution in [-0.2, 0) is 6.42 Å². The maximum Gasteiger partial charge on any atom is 0.0848 e. The van der Waals surface area contributed by atoms with Crippen molar-refractivity contribution < 1.29 is 5.11 Å². The van der Waals surface area contributed by atoms with E-state index in [2.05, 4.69) is 4.98 Å². The van der Waals surface area contributed by atoms with Crippen molar-refractivity contribution >= 4 is 23.2 Å². The van der Waals surface area contributed by atoms with E-state index in [9.17, 15) is 5.11 Å². The molecule has 19 heavy (non-hydrogen) atoms. The lowest BCUT2D eigenvalue weighted by Gasteiger charge is -2.14. The highest BCUT2D eigenvalue weighted by Crippen LogP contribution is 2.27. The molecule has 2 rings (SSSR count). The zero-order valence-electron chi connectivity index (χ0n) is 10.8. The third-order valence-corrected chi connectivity index (χ3v) is 3.64. The van der Waals surface area contributed by atoms with Crippen molar-refractivity contribution in [3.05, 3.63) is 62.9 Å². The summed E-state index contributed by atoms with van der Waals surface area (Å²) in [5.41, 5.74) is 3.49. The van der Waals surface area contributed by atoms with Crippen molar-refractivity contribution in [3.63, 3.8) is 0 Å². The van der Waals surface area contributed by atoms with Crippen molar-refractivity contribution in [2.75, 3.05) is 0 Å². The summed E-state index contributed by atoms with van der Waals surface area (Å²) in [6, 6.07) is 9.10. The van der Waals surface area contributed by atoms with Crippen LogP contribution in [0.5, 0.6) is 0 Å². The summed E-state index contributed by atoms with van der Waals surface area (Å²) in [6.07, 6.45) is -0.173. The number of hydrogen-bond donors (Lipinski definition) is 1. The Balaban J connectivity index is 2.23. The van der Waals surface area contributed by atoms with Gasteiger partial charge < -0.3 is 5.11 Å². The number of benzene rings is 1. The van der Waals surface area contributed by atoms with Crippen molar-refractivity contribution in [2.45, 2.75) is 26.4 Å². The Morgan fingerprint density at radius 1 is 1.16 bits per heavy atom. The quantitative estimate of drug-likeness (QED) is 0.917. The Kier molecular flexibility index (Phi) is 4.46. The van der Waals surface area contributed by atoms with Gasteiger partial charge in [-0.25, -0.2) is 0 Å². The van der Waals surface area contributed by atoms with Gasteiger partial charge in [0, 0.05) is 33.4 Å². The van der Waals surface area contributed by atoms with Gasteiger partial charge in [0.2, 0.25) is 0 Å². The molecule has 0 aliphatic rings. The van der Waals surface area contributed by atoms with E-state index in [1.807, 2.05) is 32.0 Å². The minimum Gasteiger partial charge on any atom is -0.388 e. The molecule has 1 aromatic carbocycles. The van der Waals surface area contributed by atoms with Gasteiger partial charge in [-0.2, -0.15) is 0 Å². The second kappa shape index (κ2) is 5.91. The molecule has 2 aromatic rings. The minimum atomic E-state index is -0.619. The number of rotatable bonds is 3. The first kappa shape index (κ1) is 14.3. The topological polar surface area (TPSA) is 33.1 Å². The fourth-order valence-electron chi connectivity index (χ4n) is 2.06. The van der Waals surface area contributed by atoms with E-state index in [-0.39, 0.29) is 0 Å². The fourth-order valence-corrected chi connectivity index (χ4v) is 2.54. The number of aliphatic hydroxyl groups excluding tert-OH is 1. The summed E-state index contributed by atoms with van der Waals surface area (Å²) in [6.45, 7) is 3.83. The van der Waals surface area contributed by atoms with Gasteiger partial charge in [-0.3, -0.25) is 4.98 Å². The molecule has 1 aromatic heterocycles. The van der Waals surface area contributed by atoms with Gasteiger partial charge >= 0.3 is 0 Å². The normalized spacial score (nSPS) is 12.5. The highest BCUT2D eigenvalue weighted by molar-refractivity contribution is 6.35. The summed E-state index contributed by atoms with van der Waals surface area (Å²) in [5, 5.41) is 11.5. The average Bonchev–Trinajstić information content (AvgIpc) is 2.32. The first-order valence-electron chi connectivity index (χ1n) is 6.03.